The Bertz CT molecular complexity index is 639. The van der Waals surface area contributed by atoms with Crippen LogP contribution >= 0.6 is 0 Å². The van der Waals surface area contributed by atoms with Crippen molar-refractivity contribution in [2.45, 2.75) is 12.8 Å². The predicted octanol–water partition coefficient (Wildman–Crippen LogP) is 1.81. The summed E-state index contributed by atoms with van der Waals surface area (Å²) < 4.78 is 7.12. The molecule has 7 nitrogen and oxygen atoms in total. The summed E-state index contributed by atoms with van der Waals surface area (Å²) in [7, 11) is 0. The molecule has 2 aromatic rings. The number of imidazole rings is 1. The first-order valence-corrected chi connectivity index (χ1v) is 7.74. The van der Waals surface area contributed by atoms with E-state index in [1.54, 1.807) is 17.1 Å². The van der Waals surface area contributed by atoms with Gasteiger partial charge in [-0.05, 0) is 30.9 Å². The first-order valence-electron chi connectivity index (χ1n) is 7.74. The highest BCUT2D eigenvalue weighted by molar-refractivity contribution is 5.71. The number of nitrogens with one attached hydrogen (secondary N) is 1. The van der Waals surface area contributed by atoms with Crippen molar-refractivity contribution in [3.8, 4) is 5.82 Å². The van der Waals surface area contributed by atoms with Crippen LogP contribution in [0.4, 0.5) is 5.82 Å². The molecular weight excluding hydrogens is 296 g/mol. The topological polar surface area (TPSA) is 89.3 Å². The van der Waals surface area contributed by atoms with Gasteiger partial charge in [0.2, 0.25) is 0 Å². The van der Waals surface area contributed by atoms with Crippen LogP contribution in [0.25, 0.3) is 5.82 Å². The average Bonchev–Trinajstić information content (AvgIpc) is 3.11. The van der Waals surface area contributed by atoms with E-state index in [-0.39, 0.29) is 5.92 Å². The van der Waals surface area contributed by atoms with E-state index in [0.717, 1.165) is 18.7 Å². The Morgan fingerprint density at radius 3 is 2.96 bits per heavy atom. The molecule has 1 atom stereocenters. The van der Waals surface area contributed by atoms with E-state index in [4.69, 9.17) is 4.74 Å². The van der Waals surface area contributed by atoms with E-state index in [1.807, 2.05) is 24.4 Å². The molecule has 1 unspecified atom stereocenters. The lowest BCUT2D eigenvalue weighted by Gasteiger charge is -2.27. The van der Waals surface area contributed by atoms with Crippen molar-refractivity contribution in [1.29, 1.82) is 0 Å². The lowest BCUT2D eigenvalue weighted by molar-refractivity contribution is -0.144. The minimum atomic E-state index is -0.768. The van der Waals surface area contributed by atoms with Crippen molar-refractivity contribution in [1.82, 2.24) is 14.5 Å². The summed E-state index contributed by atoms with van der Waals surface area (Å²) >= 11 is 0. The zero-order valence-corrected chi connectivity index (χ0v) is 12.8. The Balaban J connectivity index is 1.66. The molecular formula is C16H20N4O3. The van der Waals surface area contributed by atoms with Crippen LogP contribution < -0.4 is 5.32 Å². The van der Waals surface area contributed by atoms with Crippen molar-refractivity contribution in [2.24, 2.45) is 11.8 Å². The Morgan fingerprint density at radius 2 is 2.26 bits per heavy atom. The fraction of sp³-hybridized carbons (Fsp3) is 0.438. The normalized spacial score (nSPS) is 16.9. The summed E-state index contributed by atoms with van der Waals surface area (Å²) in [5.41, 5.74) is 0. The van der Waals surface area contributed by atoms with Crippen LogP contribution in [0, 0.1) is 11.8 Å². The van der Waals surface area contributed by atoms with Crippen molar-refractivity contribution in [3.63, 3.8) is 0 Å². The summed E-state index contributed by atoms with van der Waals surface area (Å²) in [5, 5.41) is 12.7. The summed E-state index contributed by atoms with van der Waals surface area (Å²) in [5.74, 6) is 0.346. The summed E-state index contributed by atoms with van der Waals surface area (Å²) in [6.07, 6.45) is 6.76. The molecule has 23 heavy (non-hydrogen) atoms. The van der Waals surface area contributed by atoms with E-state index in [2.05, 4.69) is 15.3 Å². The van der Waals surface area contributed by atoms with Crippen molar-refractivity contribution in [3.05, 3.63) is 36.9 Å². The molecule has 122 valence electrons. The Kier molecular flexibility index (Phi) is 4.87. The number of pyridine rings is 1. The number of ether oxygens (including phenoxy) is 1. The molecule has 0 saturated carbocycles. The number of carbonyl (C=O) groups is 1. The quantitative estimate of drug-likeness (QED) is 0.845. The van der Waals surface area contributed by atoms with Gasteiger partial charge < -0.3 is 15.2 Å². The molecule has 2 aromatic heterocycles. The number of carboxylic acids is 1. The maximum absolute atomic E-state index is 11.6. The fourth-order valence-corrected chi connectivity index (χ4v) is 2.85. The van der Waals surface area contributed by atoms with Crippen molar-refractivity contribution < 1.29 is 14.6 Å². The van der Waals surface area contributed by atoms with Gasteiger partial charge in [0.05, 0.1) is 5.92 Å². The Hall–Kier alpha value is -2.41. The van der Waals surface area contributed by atoms with Crippen LogP contribution in [-0.2, 0) is 9.53 Å². The van der Waals surface area contributed by atoms with Crippen LogP contribution in [0.1, 0.15) is 12.8 Å². The molecule has 0 spiro atoms. The first-order chi connectivity index (χ1) is 11.2. The highest BCUT2D eigenvalue weighted by Gasteiger charge is 2.29. The fourth-order valence-electron chi connectivity index (χ4n) is 2.85. The monoisotopic (exact) mass is 316 g/mol. The minimum absolute atomic E-state index is 0.144. The number of aromatic nitrogens is 3. The number of hydrogen-bond donors (Lipinski definition) is 2. The molecule has 0 radical (unpaired) electrons. The second-order valence-electron chi connectivity index (χ2n) is 5.63. The van der Waals surface area contributed by atoms with Gasteiger partial charge >= 0.3 is 5.97 Å². The summed E-state index contributed by atoms with van der Waals surface area (Å²) in [4.78, 5) is 20.0. The predicted molar refractivity (Wildman–Crippen MR) is 84.5 cm³/mol. The third-order valence-corrected chi connectivity index (χ3v) is 4.16. The third kappa shape index (κ3) is 3.87. The average molecular weight is 316 g/mol. The van der Waals surface area contributed by atoms with Crippen LogP contribution in [0.5, 0.6) is 0 Å². The van der Waals surface area contributed by atoms with Gasteiger partial charge in [0.1, 0.15) is 18.0 Å². The largest absolute Gasteiger partial charge is 0.481 e. The number of anilines is 1. The zero-order chi connectivity index (χ0) is 16.1. The smallest absolute Gasteiger partial charge is 0.308 e. The minimum Gasteiger partial charge on any atom is -0.481 e. The Morgan fingerprint density at radius 1 is 1.43 bits per heavy atom. The molecule has 0 amide bonds. The molecule has 3 heterocycles. The highest BCUT2D eigenvalue weighted by atomic mass is 16.5. The van der Waals surface area contributed by atoms with Gasteiger partial charge in [-0.25, -0.2) is 9.97 Å². The van der Waals surface area contributed by atoms with Gasteiger partial charge in [-0.15, -0.1) is 0 Å². The van der Waals surface area contributed by atoms with Crippen LogP contribution in [0.2, 0.25) is 0 Å². The zero-order valence-electron chi connectivity index (χ0n) is 12.8. The van der Waals surface area contributed by atoms with Gasteiger partial charge in [0, 0.05) is 32.2 Å². The number of nitrogens with zero attached hydrogens (tertiary/aromatic N) is 3. The van der Waals surface area contributed by atoms with Crippen LogP contribution in [0.15, 0.2) is 36.9 Å². The van der Waals surface area contributed by atoms with Crippen molar-refractivity contribution in [2.75, 3.05) is 25.1 Å². The number of aliphatic carboxylic acids is 1. The van der Waals surface area contributed by atoms with Crippen LogP contribution in [-0.4, -0.2) is 45.4 Å². The van der Waals surface area contributed by atoms with Gasteiger partial charge in [0.25, 0.3) is 0 Å². The second kappa shape index (κ2) is 7.23. The second-order valence-corrected chi connectivity index (χ2v) is 5.63. The van der Waals surface area contributed by atoms with E-state index < -0.39 is 11.9 Å². The maximum Gasteiger partial charge on any atom is 0.308 e. The molecule has 1 aliphatic rings. The van der Waals surface area contributed by atoms with Gasteiger partial charge in [-0.1, -0.05) is 6.07 Å². The highest BCUT2D eigenvalue weighted by Crippen LogP contribution is 2.24. The van der Waals surface area contributed by atoms with E-state index >= 15 is 0 Å². The lowest BCUT2D eigenvalue weighted by Crippen LogP contribution is -2.34. The van der Waals surface area contributed by atoms with Gasteiger partial charge in [-0.2, -0.15) is 0 Å². The number of rotatable bonds is 6. The van der Waals surface area contributed by atoms with E-state index in [9.17, 15) is 9.90 Å². The molecule has 0 aliphatic carbocycles. The third-order valence-electron chi connectivity index (χ3n) is 4.16. The standard InChI is InChI=1S/C16H20N4O3/c21-16(22)13(12-4-8-23-9-5-12)10-18-14-2-1-3-15(19-14)20-7-6-17-11-20/h1-3,6-7,11-13H,4-5,8-10H2,(H,18,19)(H,21,22). The number of carboxylic acid groups (broad SMARTS) is 1. The summed E-state index contributed by atoms with van der Waals surface area (Å²) in [6.45, 7) is 1.64. The van der Waals surface area contributed by atoms with E-state index in [0.29, 0.717) is 25.6 Å². The SMILES string of the molecule is O=C(O)C(CNc1cccc(-n2ccnc2)n1)C1CCOCC1. The molecule has 7 heteroatoms. The molecule has 0 bridgehead atoms. The molecule has 0 aromatic carbocycles. The molecule has 1 aliphatic heterocycles. The van der Waals surface area contributed by atoms with Gasteiger partial charge in [0.15, 0.2) is 0 Å². The molecule has 2 N–H and O–H groups in total. The first kappa shape index (κ1) is 15.5. The van der Waals surface area contributed by atoms with Gasteiger partial charge in [-0.3, -0.25) is 9.36 Å². The maximum atomic E-state index is 11.6. The lowest BCUT2D eigenvalue weighted by atomic mass is 9.86. The molecule has 1 fully saturated rings. The molecule has 1 saturated heterocycles. The van der Waals surface area contributed by atoms with E-state index in [1.165, 1.54) is 0 Å². The number of hydrogen-bond acceptors (Lipinski definition) is 5. The van der Waals surface area contributed by atoms with Crippen LogP contribution in [0.3, 0.4) is 0 Å². The molecule has 3 rings (SSSR count). The summed E-state index contributed by atoms with van der Waals surface area (Å²) in [6, 6.07) is 5.60. The Labute approximate surface area is 134 Å². The van der Waals surface area contributed by atoms with Crippen molar-refractivity contribution >= 4 is 11.8 Å².